The molecule has 5 heteroatoms. The van der Waals surface area contributed by atoms with Gasteiger partial charge >= 0.3 is 6.09 Å². The minimum atomic E-state index is -0.846. The number of amides is 1. The van der Waals surface area contributed by atoms with Gasteiger partial charge in [0.25, 0.3) is 0 Å². The van der Waals surface area contributed by atoms with Gasteiger partial charge in [-0.05, 0) is 17.5 Å². The first kappa shape index (κ1) is 17.3. The molecule has 2 aromatic rings. The van der Waals surface area contributed by atoms with Gasteiger partial charge in [-0.1, -0.05) is 60.7 Å². The predicted octanol–water partition coefficient (Wildman–Crippen LogP) is 3.12. The second-order valence-electron chi connectivity index (χ2n) is 5.22. The molecule has 122 valence electrons. The Hall–Kier alpha value is -2.04. The second kappa shape index (κ2) is 9.18. The molecular formula is C18H20ClNO3. The fourth-order valence-electron chi connectivity index (χ4n) is 2.17. The number of aliphatic hydroxyl groups excluding tert-OH is 1. The number of carbonyl (C=O) groups excluding carboxylic acids is 1. The standard InChI is InChI=1S/C18H20ClNO3/c19-12-17(21)16(11-14-7-3-1-4-8-14)20-18(22)23-13-15-9-5-2-6-10-15/h1-10,16-17,21H,11-13H2,(H,20,22). The summed E-state index contributed by atoms with van der Waals surface area (Å²) in [6.07, 6.45) is -0.935. The highest BCUT2D eigenvalue weighted by molar-refractivity contribution is 6.18. The third-order valence-electron chi connectivity index (χ3n) is 3.44. The molecule has 2 atom stereocenters. The SMILES string of the molecule is O=C(NC(Cc1ccccc1)C(O)CCl)OCc1ccccc1. The first-order valence-corrected chi connectivity index (χ1v) is 7.97. The number of rotatable bonds is 7. The number of hydrogen-bond donors (Lipinski definition) is 2. The van der Waals surface area contributed by atoms with Gasteiger partial charge in [0.05, 0.1) is 18.0 Å². The number of alkyl carbamates (subject to hydrolysis) is 1. The van der Waals surface area contributed by atoms with E-state index in [2.05, 4.69) is 5.32 Å². The third kappa shape index (κ3) is 5.93. The summed E-state index contributed by atoms with van der Waals surface area (Å²) in [7, 11) is 0. The molecule has 2 rings (SSSR count). The number of benzene rings is 2. The lowest BCUT2D eigenvalue weighted by Gasteiger charge is -2.22. The summed E-state index contributed by atoms with van der Waals surface area (Å²) >= 11 is 5.73. The van der Waals surface area contributed by atoms with E-state index in [1.807, 2.05) is 60.7 Å². The molecule has 0 aliphatic carbocycles. The Bertz CT molecular complexity index is 592. The van der Waals surface area contributed by atoms with Crippen LogP contribution in [-0.2, 0) is 17.8 Å². The Morgan fingerprint density at radius 3 is 2.17 bits per heavy atom. The number of halogens is 1. The molecule has 0 radical (unpaired) electrons. The van der Waals surface area contributed by atoms with E-state index < -0.39 is 18.2 Å². The van der Waals surface area contributed by atoms with Gasteiger partial charge < -0.3 is 15.2 Å². The van der Waals surface area contributed by atoms with E-state index in [0.29, 0.717) is 6.42 Å². The van der Waals surface area contributed by atoms with Crippen LogP contribution in [0.5, 0.6) is 0 Å². The summed E-state index contributed by atoms with van der Waals surface area (Å²) in [6, 6.07) is 18.5. The van der Waals surface area contributed by atoms with Crippen molar-refractivity contribution in [3.05, 3.63) is 71.8 Å². The Balaban J connectivity index is 1.90. The molecule has 0 saturated heterocycles. The molecule has 4 nitrogen and oxygen atoms in total. The molecule has 0 fully saturated rings. The van der Waals surface area contributed by atoms with Crippen LogP contribution in [0.1, 0.15) is 11.1 Å². The quantitative estimate of drug-likeness (QED) is 0.765. The van der Waals surface area contributed by atoms with Gasteiger partial charge in [-0.25, -0.2) is 4.79 Å². The van der Waals surface area contributed by atoms with Crippen LogP contribution in [-0.4, -0.2) is 29.2 Å². The van der Waals surface area contributed by atoms with Crippen LogP contribution in [0.2, 0.25) is 0 Å². The van der Waals surface area contributed by atoms with Crippen LogP contribution in [0.15, 0.2) is 60.7 Å². The molecule has 23 heavy (non-hydrogen) atoms. The second-order valence-corrected chi connectivity index (χ2v) is 5.53. The average Bonchev–Trinajstić information content (AvgIpc) is 2.60. The van der Waals surface area contributed by atoms with Crippen molar-refractivity contribution in [1.82, 2.24) is 5.32 Å². The minimum absolute atomic E-state index is 0.0382. The topological polar surface area (TPSA) is 58.6 Å². The molecular weight excluding hydrogens is 314 g/mol. The van der Waals surface area contributed by atoms with E-state index in [4.69, 9.17) is 16.3 Å². The van der Waals surface area contributed by atoms with Crippen LogP contribution < -0.4 is 5.32 Å². The molecule has 1 amide bonds. The van der Waals surface area contributed by atoms with E-state index in [1.54, 1.807) is 0 Å². The summed E-state index contributed by atoms with van der Waals surface area (Å²) in [4.78, 5) is 11.9. The van der Waals surface area contributed by atoms with E-state index in [-0.39, 0.29) is 12.5 Å². The van der Waals surface area contributed by atoms with Crippen LogP contribution in [0, 0.1) is 0 Å². The summed E-state index contributed by atoms with van der Waals surface area (Å²) in [5.74, 6) is 0.0382. The fourth-order valence-corrected chi connectivity index (χ4v) is 2.39. The largest absolute Gasteiger partial charge is 0.445 e. The van der Waals surface area contributed by atoms with Gasteiger partial charge in [0.15, 0.2) is 0 Å². The van der Waals surface area contributed by atoms with Crippen LogP contribution in [0.25, 0.3) is 0 Å². The molecule has 0 aliphatic heterocycles. The van der Waals surface area contributed by atoms with Gasteiger partial charge in [-0.2, -0.15) is 0 Å². The highest BCUT2D eigenvalue weighted by Crippen LogP contribution is 2.08. The van der Waals surface area contributed by atoms with Gasteiger partial charge in [0.1, 0.15) is 6.61 Å². The number of carbonyl (C=O) groups is 1. The number of hydrogen-bond acceptors (Lipinski definition) is 3. The number of aliphatic hydroxyl groups is 1. The summed E-state index contributed by atoms with van der Waals surface area (Å²) in [5, 5.41) is 12.7. The van der Waals surface area contributed by atoms with Gasteiger partial charge in [0, 0.05) is 0 Å². The number of alkyl halides is 1. The number of nitrogens with one attached hydrogen (secondary N) is 1. The molecule has 0 saturated carbocycles. The summed E-state index contributed by atoms with van der Waals surface area (Å²) in [6.45, 7) is 0.182. The Kier molecular flexibility index (Phi) is 6.91. The maximum absolute atomic E-state index is 11.9. The van der Waals surface area contributed by atoms with Crippen molar-refractivity contribution in [2.75, 3.05) is 5.88 Å². The van der Waals surface area contributed by atoms with Crippen LogP contribution in [0.4, 0.5) is 4.79 Å². The Morgan fingerprint density at radius 1 is 1.04 bits per heavy atom. The molecule has 0 aromatic heterocycles. The first-order valence-electron chi connectivity index (χ1n) is 7.44. The molecule has 0 bridgehead atoms. The highest BCUT2D eigenvalue weighted by atomic mass is 35.5. The molecule has 0 heterocycles. The van der Waals surface area contributed by atoms with Crippen LogP contribution >= 0.6 is 11.6 Å². The average molecular weight is 334 g/mol. The Labute approximate surface area is 141 Å². The first-order chi connectivity index (χ1) is 11.2. The van der Waals surface area contributed by atoms with E-state index in [9.17, 15) is 9.90 Å². The zero-order valence-corrected chi connectivity index (χ0v) is 13.4. The zero-order valence-electron chi connectivity index (χ0n) is 12.7. The maximum atomic E-state index is 11.9. The zero-order chi connectivity index (χ0) is 16.5. The van der Waals surface area contributed by atoms with Gasteiger partial charge in [0.2, 0.25) is 0 Å². The van der Waals surface area contributed by atoms with Crippen molar-refractivity contribution in [3.63, 3.8) is 0 Å². The minimum Gasteiger partial charge on any atom is -0.445 e. The van der Waals surface area contributed by atoms with Crippen molar-refractivity contribution < 1.29 is 14.6 Å². The molecule has 2 unspecified atom stereocenters. The number of ether oxygens (including phenoxy) is 1. The monoisotopic (exact) mass is 333 g/mol. The van der Waals surface area contributed by atoms with E-state index >= 15 is 0 Å². The lowest BCUT2D eigenvalue weighted by molar-refractivity contribution is 0.110. The van der Waals surface area contributed by atoms with Crippen LogP contribution in [0.3, 0.4) is 0 Å². The van der Waals surface area contributed by atoms with Gasteiger partial charge in [-0.15, -0.1) is 11.6 Å². The fraction of sp³-hybridized carbons (Fsp3) is 0.278. The highest BCUT2D eigenvalue weighted by Gasteiger charge is 2.21. The summed E-state index contributed by atoms with van der Waals surface area (Å²) < 4.78 is 5.19. The van der Waals surface area contributed by atoms with Crippen molar-refractivity contribution in [2.45, 2.75) is 25.2 Å². The Morgan fingerprint density at radius 2 is 1.61 bits per heavy atom. The van der Waals surface area contributed by atoms with Gasteiger partial charge in [-0.3, -0.25) is 0 Å². The lowest BCUT2D eigenvalue weighted by Crippen LogP contribution is -2.45. The smallest absolute Gasteiger partial charge is 0.407 e. The van der Waals surface area contributed by atoms with Crippen molar-refractivity contribution in [1.29, 1.82) is 0 Å². The van der Waals surface area contributed by atoms with E-state index in [1.165, 1.54) is 0 Å². The molecule has 2 aromatic carbocycles. The third-order valence-corrected chi connectivity index (χ3v) is 3.75. The normalized spacial score (nSPS) is 13.1. The molecule has 0 aliphatic rings. The van der Waals surface area contributed by atoms with Crippen molar-refractivity contribution >= 4 is 17.7 Å². The van der Waals surface area contributed by atoms with Crippen molar-refractivity contribution in [2.24, 2.45) is 0 Å². The summed E-state index contributed by atoms with van der Waals surface area (Å²) in [5.41, 5.74) is 1.91. The molecule has 2 N–H and O–H groups in total. The lowest BCUT2D eigenvalue weighted by atomic mass is 10.0. The molecule has 0 spiro atoms. The van der Waals surface area contributed by atoms with E-state index in [0.717, 1.165) is 11.1 Å². The predicted molar refractivity (Wildman–Crippen MR) is 90.4 cm³/mol. The maximum Gasteiger partial charge on any atom is 0.407 e. The van der Waals surface area contributed by atoms with Crippen molar-refractivity contribution in [3.8, 4) is 0 Å².